The Kier molecular flexibility index (Phi) is 7.03. The number of furan rings is 1. The zero-order valence-corrected chi connectivity index (χ0v) is 31.2. The van der Waals surface area contributed by atoms with Crippen molar-refractivity contribution in [3.05, 3.63) is 182 Å². The van der Waals surface area contributed by atoms with Crippen LogP contribution in [0, 0.1) is 0 Å². The summed E-state index contributed by atoms with van der Waals surface area (Å²) >= 11 is 1.83. The quantitative estimate of drug-likeness (QED) is 0.176. The SMILES string of the molecule is c1ccc(-c2nc(-c3ccccc3)nc(-c3ccc4c(sc5c(-n6c7ccccc7c7c8oc9ccccc9c8ccc76)cccc54)c3-c3ccccc3)n2)cc1. The van der Waals surface area contributed by atoms with Crippen molar-refractivity contribution in [2.75, 3.05) is 0 Å². The molecule has 0 fully saturated rings. The van der Waals surface area contributed by atoms with Crippen LogP contribution in [-0.4, -0.2) is 19.5 Å². The molecule has 4 heterocycles. The lowest BCUT2D eigenvalue weighted by molar-refractivity contribution is 0.673. The number of hydrogen-bond acceptors (Lipinski definition) is 5. The number of rotatable bonds is 5. The monoisotopic (exact) mass is 746 g/mol. The maximum atomic E-state index is 6.62. The van der Waals surface area contributed by atoms with E-state index in [4.69, 9.17) is 19.4 Å². The second-order valence-corrected chi connectivity index (χ2v) is 15.3. The van der Waals surface area contributed by atoms with Gasteiger partial charge in [-0.3, -0.25) is 0 Å². The zero-order chi connectivity index (χ0) is 37.5. The van der Waals surface area contributed by atoms with Crippen LogP contribution in [0.15, 0.2) is 186 Å². The van der Waals surface area contributed by atoms with E-state index in [9.17, 15) is 0 Å². The molecular weight excluding hydrogens is 717 g/mol. The van der Waals surface area contributed by atoms with Crippen molar-refractivity contribution in [3.8, 4) is 51.0 Å². The minimum Gasteiger partial charge on any atom is -0.455 e. The van der Waals surface area contributed by atoms with E-state index in [0.29, 0.717) is 17.5 Å². The second kappa shape index (κ2) is 12.6. The van der Waals surface area contributed by atoms with Gasteiger partial charge < -0.3 is 8.98 Å². The molecule has 57 heavy (non-hydrogen) atoms. The Bertz CT molecular complexity index is 3460. The van der Waals surface area contributed by atoms with Gasteiger partial charge in [-0.15, -0.1) is 11.3 Å². The molecule has 0 saturated carbocycles. The first-order valence-electron chi connectivity index (χ1n) is 19.0. The van der Waals surface area contributed by atoms with Crippen LogP contribution in [0.4, 0.5) is 0 Å². The largest absolute Gasteiger partial charge is 0.455 e. The summed E-state index contributed by atoms with van der Waals surface area (Å²) < 4.78 is 11.4. The maximum absolute atomic E-state index is 6.62. The van der Waals surface area contributed by atoms with Crippen molar-refractivity contribution >= 4 is 75.3 Å². The summed E-state index contributed by atoms with van der Waals surface area (Å²) in [5, 5.41) is 6.96. The molecule has 0 aliphatic heterocycles. The van der Waals surface area contributed by atoms with Gasteiger partial charge in [-0.05, 0) is 42.0 Å². The van der Waals surface area contributed by atoms with Gasteiger partial charge in [0.05, 0.1) is 26.8 Å². The fourth-order valence-electron chi connectivity index (χ4n) is 8.52. The molecule has 0 saturated heterocycles. The third-order valence-corrected chi connectivity index (χ3v) is 12.3. The molecule has 0 aliphatic rings. The molecule has 266 valence electrons. The number of benzene rings is 8. The van der Waals surface area contributed by atoms with Gasteiger partial charge in [0.15, 0.2) is 17.5 Å². The van der Waals surface area contributed by atoms with Gasteiger partial charge in [0.2, 0.25) is 0 Å². The average molecular weight is 747 g/mol. The third-order valence-electron chi connectivity index (χ3n) is 11.1. The molecule has 0 bridgehead atoms. The fraction of sp³-hybridized carbons (Fsp3) is 0. The molecule has 8 aromatic carbocycles. The van der Waals surface area contributed by atoms with E-state index in [1.54, 1.807) is 0 Å². The van der Waals surface area contributed by atoms with E-state index in [0.717, 1.165) is 71.9 Å². The van der Waals surface area contributed by atoms with Crippen molar-refractivity contribution < 1.29 is 4.42 Å². The summed E-state index contributed by atoms with van der Waals surface area (Å²) in [4.78, 5) is 15.4. The molecule has 0 aliphatic carbocycles. The van der Waals surface area contributed by atoms with Crippen LogP contribution in [0.25, 0.3) is 115 Å². The average Bonchev–Trinajstić information content (AvgIpc) is 3.96. The van der Waals surface area contributed by atoms with Crippen molar-refractivity contribution in [1.29, 1.82) is 0 Å². The molecule has 12 aromatic rings. The molecule has 0 atom stereocenters. The highest BCUT2D eigenvalue weighted by atomic mass is 32.1. The maximum Gasteiger partial charge on any atom is 0.164 e. The fourth-order valence-corrected chi connectivity index (χ4v) is 9.90. The Hall–Kier alpha value is -7.41. The molecule has 0 N–H and O–H groups in total. The zero-order valence-electron chi connectivity index (χ0n) is 30.4. The summed E-state index contributed by atoms with van der Waals surface area (Å²) in [7, 11) is 0. The minimum absolute atomic E-state index is 0.637. The lowest BCUT2D eigenvalue weighted by Gasteiger charge is -2.13. The number of fused-ring (bicyclic) bond motifs is 10. The summed E-state index contributed by atoms with van der Waals surface area (Å²) in [6, 6.07) is 63.6. The molecule has 12 rings (SSSR count). The van der Waals surface area contributed by atoms with Crippen LogP contribution >= 0.6 is 11.3 Å². The van der Waals surface area contributed by atoms with Gasteiger partial charge in [0, 0.05) is 53.9 Å². The van der Waals surface area contributed by atoms with E-state index >= 15 is 0 Å². The molecule has 4 aromatic heterocycles. The lowest BCUT2D eigenvalue weighted by Crippen LogP contribution is -2.01. The van der Waals surface area contributed by atoms with Gasteiger partial charge in [0.1, 0.15) is 11.2 Å². The van der Waals surface area contributed by atoms with Gasteiger partial charge >= 0.3 is 0 Å². The van der Waals surface area contributed by atoms with E-state index in [-0.39, 0.29) is 0 Å². The van der Waals surface area contributed by atoms with Crippen LogP contribution in [0.2, 0.25) is 0 Å². The highest BCUT2D eigenvalue weighted by Gasteiger charge is 2.23. The van der Waals surface area contributed by atoms with Crippen LogP contribution in [0.5, 0.6) is 0 Å². The van der Waals surface area contributed by atoms with Crippen LogP contribution in [0.3, 0.4) is 0 Å². The predicted molar refractivity (Wildman–Crippen MR) is 236 cm³/mol. The van der Waals surface area contributed by atoms with E-state index in [1.165, 1.54) is 25.6 Å². The Morgan fingerprint density at radius 1 is 0.404 bits per heavy atom. The molecular formula is C51H30N4OS. The lowest BCUT2D eigenvalue weighted by atomic mass is 9.96. The minimum atomic E-state index is 0.637. The first kappa shape index (κ1) is 31.9. The van der Waals surface area contributed by atoms with Crippen molar-refractivity contribution in [1.82, 2.24) is 19.5 Å². The number of nitrogens with zero attached hydrogens (tertiary/aromatic N) is 4. The Balaban J connectivity index is 1.15. The number of aromatic nitrogens is 4. The molecule has 5 nitrogen and oxygen atoms in total. The first-order chi connectivity index (χ1) is 28.3. The van der Waals surface area contributed by atoms with Crippen LogP contribution in [0.1, 0.15) is 0 Å². The highest BCUT2D eigenvalue weighted by molar-refractivity contribution is 7.26. The number of hydrogen-bond donors (Lipinski definition) is 0. The first-order valence-corrected chi connectivity index (χ1v) is 19.8. The second-order valence-electron chi connectivity index (χ2n) is 14.3. The Morgan fingerprint density at radius 3 is 1.72 bits per heavy atom. The highest BCUT2D eigenvalue weighted by Crippen LogP contribution is 2.48. The molecule has 0 unspecified atom stereocenters. The number of para-hydroxylation sites is 2. The standard InChI is InChI=1S/C51H30N4OS/c1-4-15-31(16-5-1)44-39(51-53-49(32-17-6-2-7-18-32)52-50(54-51)33-19-8-3-9-20-33)28-27-37-36-23-14-25-42(47(36)57-48(37)44)55-40-24-12-10-22-38(40)45-41(55)30-29-35-34-21-11-13-26-43(34)56-46(35)45/h1-30H. The predicted octanol–water partition coefficient (Wildman–Crippen LogP) is 13.9. The topological polar surface area (TPSA) is 56.7 Å². The van der Waals surface area contributed by atoms with Gasteiger partial charge in [-0.1, -0.05) is 146 Å². The van der Waals surface area contributed by atoms with Crippen molar-refractivity contribution in [3.63, 3.8) is 0 Å². The van der Waals surface area contributed by atoms with Crippen LogP contribution < -0.4 is 0 Å². The summed E-state index contributed by atoms with van der Waals surface area (Å²) in [6.07, 6.45) is 0. The van der Waals surface area contributed by atoms with Crippen molar-refractivity contribution in [2.24, 2.45) is 0 Å². The summed E-state index contributed by atoms with van der Waals surface area (Å²) in [5.74, 6) is 1.92. The molecule has 0 amide bonds. The smallest absolute Gasteiger partial charge is 0.164 e. The molecule has 6 heteroatoms. The van der Waals surface area contributed by atoms with Gasteiger partial charge in [0.25, 0.3) is 0 Å². The van der Waals surface area contributed by atoms with Crippen molar-refractivity contribution in [2.45, 2.75) is 0 Å². The van der Waals surface area contributed by atoms with E-state index in [1.807, 2.05) is 53.8 Å². The van der Waals surface area contributed by atoms with E-state index in [2.05, 4.69) is 144 Å². The normalized spacial score (nSPS) is 11.9. The van der Waals surface area contributed by atoms with Crippen LogP contribution in [-0.2, 0) is 0 Å². The van der Waals surface area contributed by atoms with E-state index < -0.39 is 0 Å². The molecule has 0 spiro atoms. The molecule has 0 radical (unpaired) electrons. The summed E-state index contributed by atoms with van der Waals surface area (Å²) in [6.45, 7) is 0. The Labute approximate surface area is 330 Å². The van der Waals surface area contributed by atoms with Gasteiger partial charge in [-0.25, -0.2) is 15.0 Å². The third kappa shape index (κ3) is 4.91. The number of thiophene rings is 1. The van der Waals surface area contributed by atoms with Gasteiger partial charge in [-0.2, -0.15) is 0 Å². The Morgan fingerprint density at radius 2 is 0.982 bits per heavy atom. The summed E-state index contributed by atoms with van der Waals surface area (Å²) in [5.41, 5.74) is 10.3.